The van der Waals surface area contributed by atoms with Gasteiger partial charge in [-0.1, -0.05) is 18.2 Å². The highest BCUT2D eigenvalue weighted by atomic mass is 16.6. The smallest absolute Gasteiger partial charge is 0.340 e. The van der Waals surface area contributed by atoms with Crippen LogP contribution in [0.25, 0.3) is 21.8 Å². The van der Waals surface area contributed by atoms with Crippen molar-refractivity contribution >= 4 is 27.8 Å². The molecule has 0 amide bonds. The van der Waals surface area contributed by atoms with Gasteiger partial charge >= 0.3 is 5.97 Å². The van der Waals surface area contributed by atoms with Gasteiger partial charge in [-0.3, -0.25) is 0 Å². The third-order valence-corrected chi connectivity index (χ3v) is 7.87. The van der Waals surface area contributed by atoms with Crippen LogP contribution in [0, 0.1) is 13.8 Å². The number of benzene rings is 3. The van der Waals surface area contributed by atoms with E-state index in [0.717, 1.165) is 61.4 Å². The number of rotatable bonds is 4. The normalized spacial score (nSPS) is 14.3. The largest absolute Gasteiger partial charge is 0.497 e. The molecular formula is C30H28N2O4. The molecule has 5 aromatic rings. The topological polar surface area (TPSA) is 54.6 Å². The van der Waals surface area contributed by atoms with Crippen molar-refractivity contribution in [2.45, 2.75) is 19.4 Å². The molecule has 0 fully saturated rings. The van der Waals surface area contributed by atoms with Crippen LogP contribution in [-0.4, -0.2) is 29.3 Å². The summed E-state index contributed by atoms with van der Waals surface area (Å²) in [6, 6.07) is 19.8. The van der Waals surface area contributed by atoms with Gasteiger partial charge in [-0.2, -0.15) is 0 Å². The second-order valence-corrected chi connectivity index (χ2v) is 9.42. The number of carbonyl (C=O) groups is 1. The molecule has 3 heterocycles. The Morgan fingerprint density at radius 3 is 1.75 bits per heavy atom. The Morgan fingerprint density at radius 1 is 0.750 bits per heavy atom. The van der Waals surface area contributed by atoms with E-state index in [9.17, 15) is 4.79 Å². The van der Waals surface area contributed by atoms with E-state index >= 15 is 0 Å². The zero-order chi connectivity index (χ0) is 25.4. The Hall–Kier alpha value is -4.19. The summed E-state index contributed by atoms with van der Waals surface area (Å²) >= 11 is 0. The molecule has 3 aromatic carbocycles. The van der Waals surface area contributed by atoms with Crippen LogP contribution < -0.4 is 9.47 Å². The second kappa shape index (κ2) is 7.65. The van der Waals surface area contributed by atoms with Crippen molar-refractivity contribution in [2.75, 3.05) is 14.2 Å². The molecule has 0 saturated heterocycles. The van der Waals surface area contributed by atoms with E-state index in [0.29, 0.717) is 5.56 Å². The molecule has 182 valence electrons. The number of aryl methyl sites for hydroxylation is 2. The van der Waals surface area contributed by atoms with Crippen molar-refractivity contribution in [3.63, 3.8) is 0 Å². The maximum Gasteiger partial charge on any atom is 0.340 e. The van der Waals surface area contributed by atoms with Gasteiger partial charge in [-0.25, -0.2) is 4.79 Å². The van der Waals surface area contributed by atoms with Crippen LogP contribution in [0.1, 0.15) is 38.4 Å². The Labute approximate surface area is 209 Å². The second-order valence-electron chi connectivity index (χ2n) is 9.42. The zero-order valence-corrected chi connectivity index (χ0v) is 21.3. The summed E-state index contributed by atoms with van der Waals surface area (Å²) < 4.78 is 22.1. The molecule has 1 aliphatic heterocycles. The number of carbonyl (C=O) groups excluding carboxylic acids is 1. The summed E-state index contributed by atoms with van der Waals surface area (Å²) in [5.41, 5.74) is 6.26. The summed E-state index contributed by atoms with van der Waals surface area (Å²) in [6.45, 7) is 4.17. The van der Waals surface area contributed by atoms with Crippen LogP contribution in [0.15, 0.2) is 60.7 Å². The molecule has 0 radical (unpaired) electrons. The van der Waals surface area contributed by atoms with Crippen LogP contribution in [0.5, 0.6) is 11.5 Å². The van der Waals surface area contributed by atoms with Gasteiger partial charge in [-0.15, -0.1) is 0 Å². The molecule has 36 heavy (non-hydrogen) atoms. The summed E-state index contributed by atoms with van der Waals surface area (Å²) in [6.07, 6.45) is 0. The van der Waals surface area contributed by atoms with Crippen LogP contribution in [0.3, 0.4) is 0 Å². The van der Waals surface area contributed by atoms with Gasteiger partial charge in [0.05, 0.1) is 19.8 Å². The summed E-state index contributed by atoms with van der Waals surface area (Å²) in [7, 11) is 7.42. The standard InChI is InChI=1S/C30H28N2O4/c1-17-27(22-15-19(34-5)11-13-25(22)31(17)3)30(24-10-8-7-9-21(24)29(33)36-30)28-18(2)32(4)26-14-12-20(35-6)16-23(26)28/h7-16H,1-6H3. The lowest BCUT2D eigenvalue weighted by atomic mass is 9.77. The number of methoxy groups -OCH3 is 2. The molecule has 0 bridgehead atoms. The van der Waals surface area contributed by atoms with Gasteiger partial charge < -0.3 is 23.3 Å². The van der Waals surface area contributed by atoms with Crippen LogP contribution >= 0.6 is 0 Å². The van der Waals surface area contributed by atoms with E-state index in [-0.39, 0.29) is 5.97 Å². The Morgan fingerprint density at radius 2 is 1.25 bits per heavy atom. The average Bonchev–Trinajstić information content (AvgIpc) is 3.43. The van der Waals surface area contributed by atoms with E-state index in [4.69, 9.17) is 14.2 Å². The quantitative estimate of drug-likeness (QED) is 0.307. The minimum absolute atomic E-state index is 0.329. The first kappa shape index (κ1) is 22.3. The molecule has 6 heteroatoms. The lowest BCUT2D eigenvalue weighted by Crippen LogP contribution is -2.31. The molecule has 6 nitrogen and oxygen atoms in total. The Bertz CT molecular complexity index is 1610. The van der Waals surface area contributed by atoms with Crippen LogP contribution in [0.2, 0.25) is 0 Å². The van der Waals surface area contributed by atoms with Gasteiger partial charge in [-0.05, 0) is 56.3 Å². The highest BCUT2D eigenvalue weighted by molar-refractivity contribution is 6.01. The van der Waals surface area contributed by atoms with Crippen molar-refractivity contribution in [2.24, 2.45) is 14.1 Å². The van der Waals surface area contributed by atoms with Crippen LogP contribution in [0.4, 0.5) is 0 Å². The monoisotopic (exact) mass is 480 g/mol. The zero-order valence-electron chi connectivity index (χ0n) is 21.3. The molecule has 0 atom stereocenters. The summed E-state index contributed by atoms with van der Waals surface area (Å²) in [5.74, 6) is 1.17. The highest BCUT2D eigenvalue weighted by Crippen LogP contribution is 2.54. The van der Waals surface area contributed by atoms with Gasteiger partial charge in [0.15, 0.2) is 5.60 Å². The molecule has 1 aliphatic rings. The predicted octanol–water partition coefficient (Wildman–Crippen LogP) is 5.77. The number of fused-ring (bicyclic) bond motifs is 3. The Kier molecular flexibility index (Phi) is 4.74. The molecule has 2 aromatic heterocycles. The van der Waals surface area contributed by atoms with Crippen molar-refractivity contribution in [1.82, 2.24) is 9.13 Å². The lowest BCUT2D eigenvalue weighted by Gasteiger charge is -2.31. The molecule has 6 rings (SSSR count). The molecule has 0 N–H and O–H groups in total. The number of cyclic esters (lactones) is 1. The number of hydrogen-bond acceptors (Lipinski definition) is 4. The lowest BCUT2D eigenvalue weighted by molar-refractivity contribution is 0.0256. The van der Waals surface area contributed by atoms with E-state index < -0.39 is 5.60 Å². The molecule has 0 unspecified atom stereocenters. The fraction of sp³-hybridized carbons (Fsp3) is 0.233. The first-order chi connectivity index (χ1) is 17.3. The third kappa shape index (κ3) is 2.70. The van der Waals surface area contributed by atoms with E-state index in [1.165, 1.54) is 0 Å². The maximum atomic E-state index is 13.5. The highest BCUT2D eigenvalue weighted by Gasteiger charge is 2.53. The average molecular weight is 481 g/mol. The molecule has 0 spiro atoms. The van der Waals surface area contributed by atoms with E-state index in [1.54, 1.807) is 14.2 Å². The number of aromatic nitrogens is 2. The van der Waals surface area contributed by atoms with Gasteiger partial charge in [0, 0.05) is 64.0 Å². The van der Waals surface area contributed by atoms with Crippen molar-refractivity contribution < 1.29 is 19.0 Å². The van der Waals surface area contributed by atoms with Gasteiger partial charge in [0.1, 0.15) is 11.5 Å². The van der Waals surface area contributed by atoms with E-state index in [2.05, 4.69) is 35.1 Å². The minimum Gasteiger partial charge on any atom is -0.497 e. The fourth-order valence-corrected chi connectivity index (χ4v) is 5.96. The number of esters is 1. The third-order valence-electron chi connectivity index (χ3n) is 7.87. The number of hydrogen-bond donors (Lipinski definition) is 0. The molecule has 0 saturated carbocycles. The van der Waals surface area contributed by atoms with Gasteiger partial charge in [0.25, 0.3) is 0 Å². The fourth-order valence-electron chi connectivity index (χ4n) is 5.96. The molecular weight excluding hydrogens is 452 g/mol. The predicted molar refractivity (Wildman–Crippen MR) is 140 cm³/mol. The van der Waals surface area contributed by atoms with Crippen LogP contribution in [-0.2, 0) is 24.4 Å². The number of nitrogens with zero attached hydrogens (tertiary/aromatic N) is 2. The van der Waals surface area contributed by atoms with Crippen molar-refractivity contribution in [3.05, 3.63) is 94.3 Å². The van der Waals surface area contributed by atoms with Gasteiger partial charge in [0.2, 0.25) is 0 Å². The summed E-state index contributed by atoms with van der Waals surface area (Å²) in [5, 5.41) is 1.97. The maximum absolute atomic E-state index is 13.5. The first-order valence-electron chi connectivity index (χ1n) is 11.9. The number of ether oxygens (including phenoxy) is 3. The first-order valence-corrected chi connectivity index (χ1v) is 11.9. The summed E-state index contributed by atoms with van der Waals surface area (Å²) in [4.78, 5) is 13.5. The molecule has 0 aliphatic carbocycles. The van der Waals surface area contributed by atoms with Crippen molar-refractivity contribution in [1.29, 1.82) is 0 Å². The SMILES string of the molecule is COc1ccc2c(c1)c(C1(c3c(C)n(C)c4ccc(OC)cc34)OC(=O)c3ccccc31)c(C)n2C. The van der Waals surface area contributed by atoms with E-state index in [1.807, 2.05) is 62.6 Å². The minimum atomic E-state index is -1.15. The Balaban J connectivity index is 1.85. The van der Waals surface area contributed by atoms with Crippen molar-refractivity contribution in [3.8, 4) is 11.5 Å².